The van der Waals surface area contributed by atoms with Crippen LogP contribution in [0.4, 0.5) is 4.39 Å². The summed E-state index contributed by atoms with van der Waals surface area (Å²) in [6.07, 6.45) is 0.0296. The first kappa shape index (κ1) is 52.5. The number of aliphatic imine (C=N–C) groups is 1. The Balaban J connectivity index is 0.779. The fourth-order valence-corrected chi connectivity index (χ4v) is 12.1. The van der Waals surface area contributed by atoms with E-state index in [9.17, 15) is 24.3 Å². The summed E-state index contributed by atoms with van der Waals surface area (Å²) in [5.41, 5.74) is 8.17. The molecule has 1 saturated heterocycles. The van der Waals surface area contributed by atoms with Gasteiger partial charge in [0, 0.05) is 65.4 Å². The molecule has 9 rings (SSSR count). The maximum atomic E-state index is 15.1. The van der Waals surface area contributed by atoms with Crippen molar-refractivity contribution in [1.82, 2.24) is 40.6 Å². The van der Waals surface area contributed by atoms with Gasteiger partial charge in [-0.15, -0.1) is 32.9 Å². The minimum atomic E-state index is -1.02. The molecule has 74 heavy (non-hydrogen) atoms. The van der Waals surface area contributed by atoms with Gasteiger partial charge < -0.3 is 30.7 Å². The van der Waals surface area contributed by atoms with Gasteiger partial charge in [0.05, 0.1) is 40.4 Å². The number of thiazole rings is 1. The monoisotopic (exact) mass is 1060 g/mol. The molecule has 0 radical (unpaired) electrons. The van der Waals surface area contributed by atoms with Gasteiger partial charge in [-0.2, -0.15) is 0 Å². The molecule has 3 aromatic carbocycles. The summed E-state index contributed by atoms with van der Waals surface area (Å²) in [6.45, 7) is 15.3. The number of nitrogens with zero attached hydrogens (tertiary/aromatic N) is 6. The van der Waals surface area contributed by atoms with Gasteiger partial charge in [-0.3, -0.25) is 28.7 Å². The number of likely N-dealkylation sites (tertiary alicyclic amines) is 1. The van der Waals surface area contributed by atoms with Crippen LogP contribution >= 0.6 is 34.3 Å². The lowest BCUT2D eigenvalue weighted by atomic mass is 9.85. The molecule has 4 N–H and O–H groups in total. The Hall–Kier alpha value is -6.34. The molecule has 3 aliphatic rings. The highest BCUT2D eigenvalue weighted by atomic mass is 35.5. The highest BCUT2D eigenvalue weighted by molar-refractivity contribution is 7.15. The Kier molecular flexibility index (Phi) is 15.2. The minimum absolute atomic E-state index is 0.0413. The smallest absolute Gasteiger partial charge is 0.246 e. The molecule has 3 aromatic heterocycles. The largest absolute Gasteiger partial charge is 0.490 e. The van der Waals surface area contributed by atoms with Crippen molar-refractivity contribution in [3.63, 3.8) is 0 Å². The summed E-state index contributed by atoms with van der Waals surface area (Å²) < 4.78 is 23.3. The second-order valence-electron chi connectivity index (χ2n) is 20.8. The number of carbonyl (C=O) groups excluding carboxylic acids is 4. The van der Waals surface area contributed by atoms with E-state index in [0.29, 0.717) is 40.8 Å². The maximum Gasteiger partial charge on any atom is 0.246 e. The molecule has 0 bridgehead atoms. The van der Waals surface area contributed by atoms with Crippen LogP contribution < -0.4 is 20.7 Å². The lowest BCUT2D eigenvalue weighted by Gasteiger charge is -2.36. The molecule has 19 heteroatoms. The quantitative estimate of drug-likeness (QED) is 0.0778. The summed E-state index contributed by atoms with van der Waals surface area (Å²) >= 11 is 9.47. The van der Waals surface area contributed by atoms with Gasteiger partial charge in [0.25, 0.3) is 0 Å². The van der Waals surface area contributed by atoms with Gasteiger partial charge in [-0.1, -0.05) is 68.8 Å². The molecule has 4 amide bonds. The molecule has 1 saturated carbocycles. The van der Waals surface area contributed by atoms with Crippen molar-refractivity contribution in [3.8, 4) is 21.2 Å². The summed E-state index contributed by atoms with van der Waals surface area (Å²) in [5.74, 6) is -0.422. The Labute approximate surface area is 443 Å². The Morgan fingerprint density at radius 2 is 1.65 bits per heavy atom. The van der Waals surface area contributed by atoms with Crippen LogP contribution in [-0.4, -0.2) is 96.0 Å². The minimum Gasteiger partial charge on any atom is -0.490 e. The van der Waals surface area contributed by atoms with Gasteiger partial charge in [-0.05, 0) is 93.0 Å². The van der Waals surface area contributed by atoms with Crippen LogP contribution in [0.25, 0.3) is 15.4 Å². The van der Waals surface area contributed by atoms with Crippen LogP contribution in [0.15, 0.2) is 77.2 Å². The number of nitrogens with one attached hydrogen (secondary N) is 3. The topological polar surface area (TPSA) is 193 Å². The summed E-state index contributed by atoms with van der Waals surface area (Å²) in [7, 11) is 0. The number of hydrogen-bond acceptors (Lipinski definition) is 12. The second kappa shape index (κ2) is 21.5. The number of fused-ring (bicyclic) bond motifs is 3. The zero-order valence-electron chi connectivity index (χ0n) is 42.7. The van der Waals surface area contributed by atoms with Crippen molar-refractivity contribution < 1.29 is 33.4 Å². The van der Waals surface area contributed by atoms with E-state index in [1.54, 1.807) is 28.7 Å². The lowest BCUT2D eigenvalue weighted by Crippen LogP contribution is -2.57. The van der Waals surface area contributed by atoms with E-state index >= 15 is 4.39 Å². The first-order valence-corrected chi connectivity index (χ1v) is 27.0. The number of hydrogen-bond donors (Lipinski definition) is 4. The number of halogens is 2. The van der Waals surface area contributed by atoms with Crippen LogP contribution in [0.5, 0.6) is 5.75 Å². The predicted molar refractivity (Wildman–Crippen MR) is 285 cm³/mol. The zero-order chi connectivity index (χ0) is 52.7. The molecular formula is C55H61ClFN9O6S2. The number of benzene rings is 3. The van der Waals surface area contributed by atoms with Crippen molar-refractivity contribution in [1.29, 1.82) is 0 Å². The third-order valence-corrected chi connectivity index (χ3v) is 16.6. The zero-order valence-corrected chi connectivity index (χ0v) is 45.1. The molecular weight excluding hydrogens is 1000 g/mol. The average molecular weight is 1060 g/mol. The first-order valence-electron chi connectivity index (χ1n) is 24.9. The van der Waals surface area contributed by atoms with Crippen LogP contribution in [0.2, 0.25) is 5.02 Å². The van der Waals surface area contributed by atoms with Crippen molar-refractivity contribution >= 4 is 63.6 Å². The molecule has 2 fully saturated rings. The van der Waals surface area contributed by atoms with Crippen LogP contribution in [-0.2, 0) is 25.6 Å². The molecule has 1 unspecified atom stereocenters. The van der Waals surface area contributed by atoms with E-state index in [2.05, 4.69) is 45.0 Å². The number of aromatic nitrogens is 4. The molecule has 6 aromatic rings. The van der Waals surface area contributed by atoms with E-state index in [0.717, 1.165) is 54.0 Å². The molecule has 5 atom stereocenters. The lowest BCUT2D eigenvalue weighted by molar-refractivity contribution is -0.144. The third-order valence-electron chi connectivity index (χ3n) is 14.1. The van der Waals surface area contributed by atoms with E-state index in [-0.39, 0.29) is 56.3 Å². The Morgan fingerprint density at radius 1 is 0.932 bits per heavy atom. The van der Waals surface area contributed by atoms with Gasteiger partial charge >= 0.3 is 0 Å². The SMILES string of the molecule is Cc1ncsc1-c1ccc([C@H](C)NC(=O)[C@@H]2C[C@@H](O)CN2C(=O)[C@@H](NC(=O)CCc2cc(F)cc(O[C@H]3C[C@H](NC(=O)CC4N=C(c5ccc(Cl)cc5)c5c(sc(C)c5C)-n5c(C)nnc54)C3)c2)C(C)(C)C)cc1. The predicted octanol–water partition coefficient (Wildman–Crippen LogP) is 8.79. The Bertz CT molecular complexity index is 3120. The molecule has 2 aliphatic heterocycles. The summed E-state index contributed by atoms with van der Waals surface area (Å²) in [4.78, 5) is 68.5. The maximum absolute atomic E-state index is 15.1. The molecule has 388 valence electrons. The fourth-order valence-electron chi connectivity index (χ4n) is 9.91. The number of aryl methyl sites for hydroxylation is 4. The fraction of sp³-hybridized carbons (Fsp3) is 0.418. The van der Waals surface area contributed by atoms with E-state index in [1.165, 1.54) is 17.0 Å². The second-order valence-corrected chi connectivity index (χ2v) is 23.3. The van der Waals surface area contributed by atoms with E-state index in [1.807, 2.05) is 100 Å². The number of carbonyl (C=O) groups is 4. The number of β-amino-alcohol motifs (C(OH)–C–C–N with tert-alkyl or cyclic N) is 1. The Morgan fingerprint density at radius 3 is 2.34 bits per heavy atom. The van der Waals surface area contributed by atoms with Crippen molar-refractivity contribution in [2.75, 3.05) is 6.54 Å². The third kappa shape index (κ3) is 11.3. The van der Waals surface area contributed by atoms with E-state index < -0.39 is 53.2 Å². The van der Waals surface area contributed by atoms with Gasteiger partial charge in [0.1, 0.15) is 46.6 Å². The summed E-state index contributed by atoms with van der Waals surface area (Å²) in [5, 5.41) is 30.3. The van der Waals surface area contributed by atoms with E-state index in [4.69, 9.17) is 21.3 Å². The highest BCUT2D eigenvalue weighted by Gasteiger charge is 2.45. The molecule has 5 heterocycles. The number of aliphatic hydroxyl groups excluding tert-OH is 1. The number of ether oxygens (including phenoxy) is 1. The van der Waals surface area contributed by atoms with Crippen molar-refractivity contribution in [2.24, 2.45) is 10.4 Å². The number of aliphatic hydroxyl groups is 1. The first-order chi connectivity index (χ1) is 35.2. The molecule has 0 spiro atoms. The van der Waals surface area contributed by atoms with Crippen molar-refractivity contribution in [3.05, 3.63) is 133 Å². The number of amides is 4. The highest BCUT2D eigenvalue weighted by Crippen LogP contribution is 2.40. The number of rotatable bonds is 15. The van der Waals surface area contributed by atoms with Gasteiger partial charge in [-0.25, -0.2) is 9.37 Å². The molecule has 15 nitrogen and oxygen atoms in total. The standard InChI is InChI=1S/C55H61ClFN9O6S2/c1-28-31(4)74-54-47(28)48(35-14-16-37(56)17-15-35)61-43(51-64-63-32(5)66(51)54)25-46(69)60-39-22-42(23-39)72-41-20-33(19-38(57)21-41)9-18-45(68)62-50(55(6,7)8)53(71)65-26-40(67)24-44(65)52(70)59-29(2)34-10-12-36(13-11-34)49-30(3)58-27-73-49/h10-17,19-21,27,29,39-40,42-44,50,67H,9,18,22-26H2,1-8H3,(H,59,70)(H,60,69)(H,62,68)/t29-,39-,40+,42-,43?,44-,50+/m0/s1. The molecule has 1 aliphatic carbocycles. The van der Waals surface area contributed by atoms with Crippen LogP contribution in [0.1, 0.15) is 122 Å². The van der Waals surface area contributed by atoms with Crippen LogP contribution in [0.3, 0.4) is 0 Å². The van der Waals surface area contributed by atoms with Gasteiger partial charge in [0.2, 0.25) is 23.6 Å². The summed E-state index contributed by atoms with van der Waals surface area (Å²) in [6, 6.07) is 16.6. The normalized spacial score (nSPS) is 20.1. The van der Waals surface area contributed by atoms with Crippen LogP contribution in [0, 0.1) is 38.9 Å². The number of thiophene rings is 1. The average Bonchev–Trinajstić information content (AvgIpc) is 4.11. The van der Waals surface area contributed by atoms with Gasteiger partial charge in [0.15, 0.2) is 5.82 Å². The van der Waals surface area contributed by atoms with Crippen molar-refractivity contribution in [2.45, 2.75) is 136 Å².